The Balaban J connectivity index is 3.57. The molecule has 0 aromatic rings. The molecule has 4 nitrogen and oxygen atoms in total. The summed E-state index contributed by atoms with van der Waals surface area (Å²) in [5, 5.41) is 23.2. The van der Waals surface area contributed by atoms with Gasteiger partial charge < -0.3 is 15.5 Å². The fourth-order valence-corrected chi connectivity index (χ4v) is 9.06. The molecule has 414 valence electrons. The zero-order valence-corrected chi connectivity index (χ0v) is 47.7. The first-order valence-electron chi connectivity index (χ1n) is 31.1. The molecule has 0 saturated heterocycles. The van der Waals surface area contributed by atoms with Crippen molar-refractivity contribution in [2.24, 2.45) is 0 Å². The van der Waals surface area contributed by atoms with E-state index in [4.69, 9.17) is 0 Å². The molecule has 0 aliphatic rings. The average Bonchev–Trinajstić information content (AvgIpc) is 3.39. The first-order chi connectivity index (χ1) is 35.7. The van der Waals surface area contributed by atoms with Crippen molar-refractivity contribution in [3.05, 3.63) is 109 Å². The minimum absolute atomic E-state index is 0.0787. The Labute approximate surface area is 448 Å². The summed E-state index contributed by atoms with van der Waals surface area (Å²) in [5.74, 6) is -0.0787. The van der Waals surface area contributed by atoms with Gasteiger partial charge in [0, 0.05) is 6.42 Å². The standard InChI is InChI=1S/C68H119NO3/c1-3-5-7-9-11-13-15-17-19-21-23-25-27-29-31-32-33-34-35-36-38-40-42-44-46-48-50-52-54-56-58-60-62-64-68(72)69-66(65-70)67(71)63-61-59-57-55-53-51-49-47-45-43-41-39-37-30-28-26-24-22-20-18-16-14-12-10-8-6-4-2/h5,7,11,13,17,19,23,25,29,31,33-34,36,38,53,55,61,63,66-67,70-71H,3-4,6,8-10,12,14-16,18,20-22,24,26-28,30,32,35,37,39-52,54,56-60,62,64-65H2,1-2H3,(H,69,72)/b7-5-,13-11-,19-17-,25-23-,31-29-,34-33-,38-36-,55-53+,63-61+. The van der Waals surface area contributed by atoms with Crippen LogP contribution in [0.25, 0.3) is 0 Å². The van der Waals surface area contributed by atoms with E-state index in [0.29, 0.717) is 6.42 Å². The number of amides is 1. The maximum atomic E-state index is 12.5. The Morgan fingerprint density at radius 3 is 0.972 bits per heavy atom. The van der Waals surface area contributed by atoms with Crippen molar-refractivity contribution in [2.75, 3.05) is 6.61 Å². The van der Waals surface area contributed by atoms with Gasteiger partial charge in [0.25, 0.3) is 0 Å². The lowest BCUT2D eigenvalue weighted by Crippen LogP contribution is -2.45. The topological polar surface area (TPSA) is 69.6 Å². The number of unbranched alkanes of at least 4 members (excludes halogenated alkanes) is 33. The fourth-order valence-electron chi connectivity index (χ4n) is 9.06. The maximum Gasteiger partial charge on any atom is 0.220 e. The van der Waals surface area contributed by atoms with Crippen LogP contribution in [-0.2, 0) is 4.79 Å². The molecule has 3 N–H and O–H groups in total. The van der Waals surface area contributed by atoms with Crippen LogP contribution in [0.2, 0.25) is 0 Å². The van der Waals surface area contributed by atoms with Crippen molar-refractivity contribution in [2.45, 2.75) is 309 Å². The van der Waals surface area contributed by atoms with E-state index in [1.54, 1.807) is 6.08 Å². The molecule has 0 aliphatic carbocycles. The zero-order valence-electron chi connectivity index (χ0n) is 47.7. The van der Waals surface area contributed by atoms with Crippen LogP contribution in [0, 0.1) is 0 Å². The van der Waals surface area contributed by atoms with Crippen molar-refractivity contribution in [1.29, 1.82) is 0 Å². The molecule has 72 heavy (non-hydrogen) atoms. The number of nitrogens with one attached hydrogen (secondary N) is 1. The molecule has 0 aliphatic heterocycles. The van der Waals surface area contributed by atoms with E-state index in [9.17, 15) is 15.0 Å². The second-order valence-corrected chi connectivity index (χ2v) is 20.7. The van der Waals surface area contributed by atoms with E-state index in [0.717, 1.165) is 77.0 Å². The van der Waals surface area contributed by atoms with E-state index in [1.165, 1.54) is 199 Å². The van der Waals surface area contributed by atoms with Crippen LogP contribution in [0.1, 0.15) is 296 Å². The average molecular weight is 999 g/mol. The summed E-state index contributed by atoms with van der Waals surface area (Å²) in [7, 11) is 0. The van der Waals surface area contributed by atoms with Gasteiger partial charge in [-0.1, -0.05) is 309 Å². The highest BCUT2D eigenvalue weighted by Gasteiger charge is 2.18. The summed E-state index contributed by atoms with van der Waals surface area (Å²) in [6.07, 6.45) is 94.1. The molecule has 0 aromatic heterocycles. The Kier molecular flexibility index (Phi) is 59.8. The molecule has 0 bridgehead atoms. The molecule has 0 spiro atoms. The monoisotopic (exact) mass is 998 g/mol. The summed E-state index contributed by atoms with van der Waals surface area (Å²) in [4.78, 5) is 12.5. The van der Waals surface area contributed by atoms with Crippen LogP contribution in [0.3, 0.4) is 0 Å². The van der Waals surface area contributed by atoms with Gasteiger partial charge in [0.1, 0.15) is 0 Å². The Morgan fingerprint density at radius 1 is 0.347 bits per heavy atom. The van der Waals surface area contributed by atoms with Crippen LogP contribution in [0.5, 0.6) is 0 Å². The molecule has 0 fully saturated rings. The number of carbonyl (C=O) groups is 1. The van der Waals surface area contributed by atoms with Gasteiger partial charge in [-0.2, -0.15) is 0 Å². The number of hydrogen-bond acceptors (Lipinski definition) is 3. The van der Waals surface area contributed by atoms with Gasteiger partial charge in [-0.3, -0.25) is 4.79 Å². The second-order valence-electron chi connectivity index (χ2n) is 20.7. The lowest BCUT2D eigenvalue weighted by molar-refractivity contribution is -0.123. The smallest absolute Gasteiger partial charge is 0.220 e. The molecule has 1 amide bonds. The van der Waals surface area contributed by atoms with Crippen molar-refractivity contribution < 1.29 is 15.0 Å². The van der Waals surface area contributed by atoms with E-state index in [1.807, 2.05) is 6.08 Å². The summed E-state index contributed by atoms with van der Waals surface area (Å²) < 4.78 is 0. The minimum atomic E-state index is -0.872. The summed E-state index contributed by atoms with van der Waals surface area (Å²) in [5.41, 5.74) is 0. The van der Waals surface area contributed by atoms with Gasteiger partial charge >= 0.3 is 0 Å². The minimum Gasteiger partial charge on any atom is -0.394 e. The van der Waals surface area contributed by atoms with E-state index in [-0.39, 0.29) is 12.5 Å². The predicted octanol–water partition coefficient (Wildman–Crippen LogP) is 21.0. The predicted molar refractivity (Wildman–Crippen MR) is 322 cm³/mol. The highest BCUT2D eigenvalue weighted by Crippen LogP contribution is 2.17. The molecule has 0 saturated carbocycles. The Hall–Kier alpha value is -2.95. The third kappa shape index (κ3) is 57.9. The van der Waals surface area contributed by atoms with Gasteiger partial charge in [-0.25, -0.2) is 0 Å². The highest BCUT2D eigenvalue weighted by atomic mass is 16.3. The van der Waals surface area contributed by atoms with Crippen molar-refractivity contribution >= 4 is 5.91 Å². The SMILES string of the molecule is CC/C=C\C/C=C\C/C=C\C/C=C\C/C=C\C/C=C\C/C=C\CCCCCCCCCCCCCC(=O)NC(CO)C(O)/C=C/CC/C=C/CCCCCCCCCCCCCCCCCCCCCCC. The third-order valence-electron chi connectivity index (χ3n) is 13.7. The number of aliphatic hydroxyl groups is 2. The number of allylic oxidation sites excluding steroid dienone is 17. The summed E-state index contributed by atoms with van der Waals surface area (Å²) >= 11 is 0. The molecule has 2 unspecified atom stereocenters. The largest absolute Gasteiger partial charge is 0.394 e. The number of aliphatic hydroxyl groups excluding tert-OH is 2. The van der Waals surface area contributed by atoms with Crippen LogP contribution in [0.15, 0.2) is 109 Å². The second kappa shape index (κ2) is 62.3. The molecule has 4 heteroatoms. The van der Waals surface area contributed by atoms with Gasteiger partial charge in [0.05, 0.1) is 18.8 Å². The van der Waals surface area contributed by atoms with Gasteiger partial charge in [-0.05, 0) is 89.9 Å². The van der Waals surface area contributed by atoms with Gasteiger partial charge in [0.15, 0.2) is 0 Å². The normalized spacial score (nSPS) is 13.6. The number of carbonyl (C=O) groups excluding carboxylic acids is 1. The van der Waals surface area contributed by atoms with Crippen molar-refractivity contribution in [1.82, 2.24) is 5.32 Å². The molecule has 0 heterocycles. The molecule has 0 radical (unpaired) electrons. The van der Waals surface area contributed by atoms with Crippen LogP contribution in [0.4, 0.5) is 0 Å². The summed E-state index contributed by atoms with van der Waals surface area (Å²) in [6.45, 7) is 4.20. The third-order valence-corrected chi connectivity index (χ3v) is 13.7. The fraction of sp³-hybridized carbons (Fsp3) is 0.721. The Morgan fingerprint density at radius 2 is 0.625 bits per heavy atom. The molecule has 2 atom stereocenters. The molecular formula is C68H119NO3. The van der Waals surface area contributed by atoms with Crippen LogP contribution < -0.4 is 5.32 Å². The first-order valence-corrected chi connectivity index (χ1v) is 31.1. The van der Waals surface area contributed by atoms with Crippen molar-refractivity contribution in [3.63, 3.8) is 0 Å². The summed E-state index contributed by atoms with van der Waals surface area (Å²) in [6, 6.07) is -0.649. The van der Waals surface area contributed by atoms with Gasteiger partial charge in [-0.15, -0.1) is 0 Å². The van der Waals surface area contributed by atoms with Crippen LogP contribution in [-0.4, -0.2) is 34.9 Å². The highest BCUT2D eigenvalue weighted by molar-refractivity contribution is 5.76. The van der Waals surface area contributed by atoms with E-state index in [2.05, 4.69) is 116 Å². The number of hydrogen-bond donors (Lipinski definition) is 3. The van der Waals surface area contributed by atoms with E-state index < -0.39 is 12.1 Å². The Bertz CT molecular complexity index is 1360. The maximum absolute atomic E-state index is 12.5. The molecular weight excluding hydrogens is 879 g/mol. The lowest BCUT2D eigenvalue weighted by Gasteiger charge is -2.19. The lowest BCUT2D eigenvalue weighted by atomic mass is 10.0. The van der Waals surface area contributed by atoms with E-state index >= 15 is 0 Å². The molecule has 0 rings (SSSR count). The van der Waals surface area contributed by atoms with Crippen molar-refractivity contribution in [3.8, 4) is 0 Å². The molecule has 0 aromatic carbocycles. The van der Waals surface area contributed by atoms with Crippen LogP contribution >= 0.6 is 0 Å². The quantitative estimate of drug-likeness (QED) is 0.0420. The van der Waals surface area contributed by atoms with Gasteiger partial charge in [0.2, 0.25) is 5.91 Å². The zero-order chi connectivity index (χ0) is 52.0. The first kappa shape index (κ1) is 69.0. The number of rotatable bonds is 56.